The maximum Gasteiger partial charge on any atom is 0.179 e. The molecule has 0 aliphatic carbocycles. The molecular formula is C12H16N2S. The van der Waals surface area contributed by atoms with Gasteiger partial charge < -0.3 is 4.90 Å². The van der Waals surface area contributed by atoms with Gasteiger partial charge in [0.25, 0.3) is 0 Å². The van der Waals surface area contributed by atoms with Crippen LogP contribution in [0.5, 0.6) is 0 Å². The van der Waals surface area contributed by atoms with E-state index in [1.54, 1.807) is 11.9 Å². The number of hydrogen-bond acceptors (Lipinski definition) is 3. The summed E-state index contributed by atoms with van der Waals surface area (Å²) in [6.07, 6.45) is 3.03. The third-order valence-corrected chi connectivity index (χ3v) is 3.04. The summed E-state index contributed by atoms with van der Waals surface area (Å²) in [5.74, 6) is 1.11. The highest BCUT2D eigenvalue weighted by Crippen LogP contribution is 2.17. The lowest BCUT2D eigenvalue weighted by atomic mass is 10.1. The SMILES string of the molecule is CCSc1ccc(CCN(C)C#N)cc1. The third kappa shape index (κ3) is 4.26. The fourth-order valence-corrected chi connectivity index (χ4v) is 1.93. The van der Waals surface area contributed by atoms with Crippen LogP contribution in [0.4, 0.5) is 0 Å². The molecule has 0 unspecified atom stereocenters. The molecule has 0 fully saturated rings. The highest BCUT2D eigenvalue weighted by molar-refractivity contribution is 7.99. The molecule has 0 saturated heterocycles. The third-order valence-electron chi connectivity index (χ3n) is 2.14. The molecular weight excluding hydrogens is 204 g/mol. The molecule has 0 radical (unpaired) electrons. The number of benzene rings is 1. The fraction of sp³-hybridized carbons (Fsp3) is 0.417. The Balaban J connectivity index is 2.46. The minimum Gasteiger partial charge on any atom is -0.313 e. The number of nitrogens with zero attached hydrogens (tertiary/aromatic N) is 2. The molecule has 0 saturated carbocycles. The van der Waals surface area contributed by atoms with Gasteiger partial charge in [0.15, 0.2) is 6.19 Å². The lowest BCUT2D eigenvalue weighted by Crippen LogP contribution is -2.14. The summed E-state index contributed by atoms with van der Waals surface area (Å²) in [5.41, 5.74) is 1.29. The number of likely N-dealkylation sites (N-methyl/N-ethyl adjacent to an activating group) is 1. The van der Waals surface area contributed by atoms with E-state index < -0.39 is 0 Å². The summed E-state index contributed by atoms with van der Waals surface area (Å²) in [4.78, 5) is 2.96. The molecule has 1 aromatic carbocycles. The van der Waals surface area contributed by atoms with Crippen LogP contribution in [0.25, 0.3) is 0 Å². The Labute approximate surface area is 95.9 Å². The molecule has 0 aliphatic heterocycles. The fourth-order valence-electron chi connectivity index (χ4n) is 1.27. The number of nitriles is 1. The zero-order chi connectivity index (χ0) is 11.1. The van der Waals surface area contributed by atoms with Crippen LogP contribution in [0.2, 0.25) is 0 Å². The van der Waals surface area contributed by atoms with Crippen LogP contribution in [-0.4, -0.2) is 24.2 Å². The Morgan fingerprint density at radius 2 is 2.00 bits per heavy atom. The standard InChI is InChI=1S/C12H16N2S/c1-3-15-12-6-4-11(5-7-12)8-9-14(2)10-13/h4-7H,3,8-9H2,1-2H3. The number of hydrogen-bond donors (Lipinski definition) is 0. The normalized spacial score (nSPS) is 9.67. The Hall–Kier alpha value is -1.14. The zero-order valence-electron chi connectivity index (χ0n) is 9.23. The van der Waals surface area contributed by atoms with Gasteiger partial charge in [-0.25, -0.2) is 0 Å². The van der Waals surface area contributed by atoms with Gasteiger partial charge in [0, 0.05) is 18.5 Å². The first-order valence-electron chi connectivity index (χ1n) is 5.09. The summed E-state index contributed by atoms with van der Waals surface area (Å²) in [7, 11) is 1.81. The molecule has 0 heterocycles. The highest BCUT2D eigenvalue weighted by Gasteiger charge is 1.97. The molecule has 3 heteroatoms. The van der Waals surface area contributed by atoms with Crippen molar-refractivity contribution in [2.75, 3.05) is 19.3 Å². The second kappa shape index (κ2) is 6.36. The van der Waals surface area contributed by atoms with E-state index in [0.29, 0.717) is 0 Å². The van der Waals surface area contributed by atoms with Gasteiger partial charge in [-0.1, -0.05) is 19.1 Å². The Morgan fingerprint density at radius 1 is 1.33 bits per heavy atom. The van der Waals surface area contributed by atoms with Gasteiger partial charge in [0.2, 0.25) is 0 Å². The minimum atomic E-state index is 0.788. The van der Waals surface area contributed by atoms with Crippen molar-refractivity contribution in [1.29, 1.82) is 5.26 Å². The van der Waals surface area contributed by atoms with Crippen molar-refractivity contribution in [3.8, 4) is 6.19 Å². The van der Waals surface area contributed by atoms with Crippen LogP contribution in [-0.2, 0) is 6.42 Å². The van der Waals surface area contributed by atoms with Gasteiger partial charge in [0.1, 0.15) is 0 Å². The van der Waals surface area contributed by atoms with Crippen molar-refractivity contribution in [3.63, 3.8) is 0 Å². The van der Waals surface area contributed by atoms with Gasteiger partial charge in [-0.2, -0.15) is 5.26 Å². The average molecular weight is 220 g/mol. The van der Waals surface area contributed by atoms with Crippen LogP contribution < -0.4 is 0 Å². The van der Waals surface area contributed by atoms with E-state index in [-0.39, 0.29) is 0 Å². The first-order valence-corrected chi connectivity index (χ1v) is 6.07. The lowest BCUT2D eigenvalue weighted by molar-refractivity contribution is 0.478. The summed E-state index contributed by atoms with van der Waals surface area (Å²) in [5, 5.41) is 8.60. The van der Waals surface area contributed by atoms with Gasteiger partial charge >= 0.3 is 0 Å². The van der Waals surface area contributed by atoms with Gasteiger partial charge in [0.05, 0.1) is 0 Å². The number of rotatable bonds is 5. The molecule has 1 rings (SSSR count). The van der Waals surface area contributed by atoms with Gasteiger partial charge in [-0.3, -0.25) is 0 Å². The molecule has 0 amide bonds. The van der Waals surface area contributed by atoms with Crippen molar-refractivity contribution in [3.05, 3.63) is 29.8 Å². The molecule has 15 heavy (non-hydrogen) atoms. The summed E-state index contributed by atoms with van der Waals surface area (Å²) in [6.45, 7) is 2.94. The average Bonchev–Trinajstić information content (AvgIpc) is 2.28. The Morgan fingerprint density at radius 3 is 2.53 bits per heavy atom. The van der Waals surface area contributed by atoms with E-state index in [9.17, 15) is 0 Å². The van der Waals surface area contributed by atoms with Crippen LogP contribution in [0.3, 0.4) is 0 Å². The monoisotopic (exact) mass is 220 g/mol. The van der Waals surface area contributed by atoms with Crippen molar-refractivity contribution in [1.82, 2.24) is 4.90 Å². The Bertz CT molecular complexity index is 326. The van der Waals surface area contributed by atoms with Crippen LogP contribution in [0.1, 0.15) is 12.5 Å². The van der Waals surface area contributed by atoms with E-state index in [1.165, 1.54) is 10.5 Å². The summed E-state index contributed by atoms with van der Waals surface area (Å²) in [6, 6.07) is 8.58. The smallest absolute Gasteiger partial charge is 0.179 e. The lowest BCUT2D eigenvalue weighted by Gasteiger charge is -2.08. The molecule has 0 bridgehead atoms. The molecule has 1 aromatic rings. The van der Waals surface area contributed by atoms with E-state index in [0.717, 1.165) is 18.7 Å². The largest absolute Gasteiger partial charge is 0.313 e. The molecule has 0 spiro atoms. The summed E-state index contributed by atoms with van der Waals surface area (Å²) >= 11 is 1.85. The van der Waals surface area contributed by atoms with Crippen LogP contribution >= 0.6 is 11.8 Å². The molecule has 0 aromatic heterocycles. The van der Waals surface area contributed by atoms with Crippen molar-refractivity contribution < 1.29 is 0 Å². The molecule has 0 N–H and O–H groups in total. The van der Waals surface area contributed by atoms with Gasteiger partial charge in [-0.05, 0) is 29.9 Å². The molecule has 0 aliphatic rings. The van der Waals surface area contributed by atoms with Crippen molar-refractivity contribution in [2.24, 2.45) is 0 Å². The first-order chi connectivity index (χ1) is 7.26. The van der Waals surface area contributed by atoms with E-state index in [4.69, 9.17) is 5.26 Å². The van der Waals surface area contributed by atoms with Crippen molar-refractivity contribution in [2.45, 2.75) is 18.2 Å². The molecule has 80 valence electrons. The highest BCUT2D eigenvalue weighted by atomic mass is 32.2. The Kier molecular flexibility index (Phi) is 5.06. The maximum absolute atomic E-state index is 8.60. The molecule has 0 atom stereocenters. The predicted octanol–water partition coefficient (Wildman–Crippen LogP) is 2.75. The quantitative estimate of drug-likeness (QED) is 0.434. The minimum absolute atomic E-state index is 0.788. The predicted molar refractivity (Wildman–Crippen MR) is 64.8 cm³/mol. The van der Waals surface area contributed by atoms with Crippen LogP contribution in [0, 0.1) is 11.5 Å². The first kappa shape index (κ1) is 11.9. The van der Waals surface area contributed by atoms with Crippen molar-refractivity contribution >= 4 is 11.8 Å². The van der Waals surface area contributed by atoms with Crippen LogP contribution in [0.15, 0.2) is 29.2 Å². The van der Waals surface area contributed by atoms with E-state index >= 15 is 0 Å². The number of thioether (sulfide) groups is 1. The summed E-state index contributed by atoms with van der Waals surface area (Å²) < 4.78 is 0. The second-order valence-electron chi connectivity index (χ2n) is 3.35. The van der Waals surface area contributed by atoms with Gasteiger partial charge in [-0.15, -0.1) is 11.8 Å². The topological polar surface area (TPSA) is 27.0 Å². The van der Waals surface area contributed by atoms with E-state index in [1.807, 2.05) is 11.8 Å². The second-order valence-corrected chi connectivity index (χ2v) is 4.69. The molecule has 2 nitrogen and oxygen atoms in total. The van der Waals surface area contributed by atoms with E-state index in [2.05, 4.69) is 37.4 Å². The zero-order valence-corrected chi connectivity index (χ0v) is 10.0. The maximum atomic E-state index is 8.60.